The maximum atomic E-state index is 6.27. The van der Waals surface area contributed by atoms with Gasteiger partial charge in [-0.1, -0.05) is 25.8 Å². The van der Waals surface area contributed by atoms with Crippen LogP contribution < -0.4 is 10.5 Å². The summed E-state index contributed by atoms with van der Waals surface area (Å²) in [6, 6.07) is 6.18. The molecule has 0 amide bonds. The second-order valence-electron chi connectivity index (χ2n) is 8.73. The van der Waals surface area contributed by atoms with Crippen molar-refractivity contribution in [3.8, 4) is 5.75 Å². The van der Waals surface area contributed by atoms with Crippen LogP contribution in [0.3, 0.4) is 0 Å². The van der Waals surface area contributed by atoms with Crippen molar-refractivity contribution < 1.29 is 4.74 Å². The zero-order valence-electron chi connectivity index (χ0n) is 18.5. The number of anilines is 1. The summed E-state index contributed by atoms with van der Waals surface area (Å²) in [6.45, 7) is 10.5. The van der Waals surface area contributed by atoms with Crippen LogP contribution in [0, 0.1) is 18.8 Å². The number of aromatic nitrogens is 3. The number of hydrogen-bond acceptors (Lipinski definition) is 6. The molecule has 162 valence electrons. The predicted molar refractivity (Wildman–Crippen MR) is 127 cm³/mol. The summed E-state index contributed by atoms with van der Waals surface area (Å²) in [7, 11) is 0. The summed E-state index contributed by atoms with van der Waals surface area (Å²) in [5.74, 6) is 3.61. The van der Waals surface area contributed by atoms with Crippen LogP contribution in [0.25, 0.3) is 21.9 Å². The van der Waals surface area contributed by atoms with Crippen LogP contribution in [0.2, 0.25) is 0 Å². The Hall–Kier alpha value is -1.99. The van der Waals surface area contributed by atoms with E-state index in [4.69, 9.17) is 15.5 Å². The van der Waals surface area contributed by atoms with E-state index in [0.29, 0.717) is 11.7 Å². The molecule has 0 atom stereocenters. The van der Waals surface area contributed by atoms with Crippen LogP contribution >= 0.6 is 11.9 Å². The first-order valence-electron chi connectivity index (χ1n) is 10.9. The molecule has 0 radical (unpaired) electrons. The molecule has 3 aromatic rings. The van der Waals surface area contributed by atoms with Crippen molar-refractivity contribution in [2.75, 3.05) is 31.7 Å². The lowest BCUT2D eigenvalue weighted by Crippen LogP contribution is -2.28. The van der Waals surface area contributed by atoms with E-state index < -0.39 is 0 Å². The Kier molecular flexibility index (Phi) is 6.39. The number of pyridine rings is 1. The maximum Gasteiger partial charge on any atom is 0.152 e. The molecule has 1 saturated heterocycles. The zero-order valence-corrected chi connectivity index (χ0v) is 19.3. The van der Waals surface area contributed by atoms with E-state index in [1.165, 1.54) is 25.9 Å². The first-order valence-corrected chi connectivity index (χ1v) is 12.1. The lowest BCUT2D eigenvalue weighted by atomic mass is 9.95. The van der Waals surface area contributed by atoms with Crippen molar-refractivity contribution in [1.82, 2.24) is 18.8 Å². The van der Waals surface area contributed by atoms with Gasteiger partial charge in [-0.3, -0.25) is 4.31 Å². The zero-order chi connectivity index (χ0) is 21.3. The topological polar surface area (TPSA) is 69.2 Å². The Labute approximate surface area is 183 Å². The van der Waals surface area contributed by atoms with Gasteiger partial charge in [0.1, 0.15) is 17.1 Å². The van der Waals surface area contributed by atoms with Crippen LogP contribution in [0.5, 0.6) is 5.75 Å². The predicted octanol–water partition coefficient (Wildman–Crippen LogP) is 4.89. The van der Waals surface area contributed by atoms with Gasteiger partial charge in [-0.25, -0.2) is 9.97 Å². The van der Waals surface area contributed by atoms with Gasteiger partial charge >= 0.3 is 0 Å². The summed E-state index contributed by atoms with van der Waals surface area (Å²) in [5, 5.41) is 1.08. The average Bonchev–Trinajstić information content (AvgIpc) is 3.05. The van der Waals surface area contributed by atoms with Gasteiger partial charge in [0, 0.05) is 31.1 Å². The Balaban J connectivity index is 1.52. The molecule has 3 heterocycles. The van der Waals surface area contributed by atoms with Crippen molar-refractivity contribution in [2.45, 2.75) is 46.6 Å². The highest BCUT2D eigenvalue weighted by molar-refractivity contribution is 7.96. The third-order valence-electron chi connectivity index (χ3n) is 6.04. The van der Waals surface area contributed by atoms with E-state index >= 15 is 0 Å². The van der Waals surface area contributed by atoms with Crippen LogP contribution in [0.1, 0.15) is 38.9 Å². The molecule has 1 aliphatic heterocycles. The van der Waals surface area contributed by atoms with E-state index in [2.05, 4.69) is 46.1 Å². The average molecular weight is 428 g/mol. The highest BCUT2D eigenvalue weighted by Crippen LogP contribution is 2.31. The van der Waals surface area contributed by atoms with E-state index in [1.54, 1.807) is 0 Å². The molecule has 0 aliphatic carbocycles. The highest BCUT2D eigenvalue weighted by Gasteiger charge is 2.19. The van der Waals surface area contributed by atoms with Gasteiger partial charge in [0.25, 0.3) is 0 Å². The molecule has 0 unspecified atom stereocenters. The molecular formula is C23H33N5OS. The Bertz CT molecular complexity index is 1020. The van der Waals surface area contributed by atoms with Gasteiger partial charge in [0.2, 0.25) is 0 Å². The number of nitrogen functional groups attached to an aromatic ring is 1. The molecule has 4 rings (SSSR count). The molecule has 1 fully saturated rings. The smallest absolute Gasteiger partial charge is 0.152 e. The quantitative estimate of drug-likeness (QED) is 0.542. The number of fused-ring (bicyclic) bond motifs is 3. The lowest BCUT2D eigenvalue weighted by Gasteiger charge is -2.29. The van der Waals surface area contributed by atoms with Crippen LogP contribution in [-0.2, 0) is 6.54 Å². The standard InChI is InChI=1S/C23H33N5OS/c1-15(2)14-28-16(3)25-21-22(28)19-6-5-18(13-20(19)26-23(21)24)29-12-9-17-7-10-27(30-4)11-8-17/h5-6,13,15,17H,7-12,14H2,1-4H3,(H2,24,26). The number of aryl methyl sites for hydroxylation is 1. The van der Waals surface area contributed by atoms with Crippen molar-refractivity contribution in [2.24, 2.45) is 11.8 Å². The number of nitrogens with zero attached hydrogens (tertiary/aromatic N) is 4. The summed E-state index contributed by atoms with van der Waals surface area (Å²) < 4.78 is 10.8. The van der Waals surface area contributed by atoms with Crippen molar-refractivity contribution in [1.29, 1.82) is 0 Å². The molecule has 30 heavy (non-hydrogen) atoms. The van der Waals surface area contributed by atoms with Gasteiger partial charge in [0.05, 0.1) is 17.6 Å². The van der Waals surface area contributed by atoms with Gasteiger partial charge in [-0.15, -0.1) is 0 Å². The number of piperidine rings is 1. The van der Waals surface area contributed by atoms with E-state index in [0.717, 1.165) is 59.0 Å². The first-order chi connectivity index (χ1) is 14.5. The van der Waals surface area contributed by atoms with E-state index in [-0.39, 0.29) is 0 Å². The minimum Gasteiger partial charge on any atom is -0.494 e. The molecule has 1 aliphatic rings. The van der Waals surface area contributed by atoms with Crippen LogP contribution in [0.15, 0.2) is 18.2 Å². The minimum absolute atomic E-state index is 0.487. The second kappa shape index (κ2) is 9.02. The van der Waals surface area contributed by atoms with Gasteiger partial charge in [0.15, 0.2) is 5.82 Å². The summed E-state index contributed by atoms with van der Waals surface area (Å²) in [6.07, 6.45) is 5.79. The third kappa shape index (κ3) is 4.37. The summed E-state index contributed by atoms with van der Waals surface area (Å²) in [5.41, 5.74) is 9.02. The second-order valence-corrected chi connectivity index (χ2v) is 9.61. The van der Waals surface area contributed by atoms with Gasteiger partial charge in [-0.2, -0.15) is 0 Å². The molecule has 0 spiro atoms. The number of ether oxygens (including phenoxy) is 1. The Morgan fingerprint density at radius 3 is 2.70 bits per heavy atom. The van der Waals surface area contributed by atoms with Crippen molar-refractivity contribution in [3.05, 3.63) is 24.0 Å². The van der Waals surface area contributed by atoms with Crippen molar-refractivity contribution >= 4 is 39.7 Å². The maximum absolute atomic E-state index is 6.27. The number of rotatable bonds is 7. The Morgan fingerprint density at radius 2 is 2.00 bits per heavy atom. The monoisotopic (exact) mass is 427 g/mol. The molecule has 2 N–H and O–H groups in total. The summed E-state index contributed by atoms with van der Waals surface area (Å²) >= 11 is 1.86. The molecule has 2 aromatic heterocycles. The molecule has 0 bridgehead atoms. The highest BCUT2D eigenvalue weighted by atomic mass is 32.2. The van der Waals surface area contributed by atoms with Gasteiger partial charge < -0.3 is 15.0 Å². The molecule has 6 nitrogen and oxygen atoms in total. The fraction of sp³-hybridized carbons (Fsp3) is 0.565. The number of hydrogen-bond donors (Lipinski definition) is 1. The number of nitrogens with two attached hydrogens (primary N) is 1. The molecule has 0 saturated carbocycles. The van der Waals surface area contributed by atoms with Crippen LogP contribution in [-0.4, -0.2) is 44.8 Å². The van der Waals surface area contributed by atoms with Crippen LogP contribution in [0.4, 0.5) is 5.82 Å². The largest absolute Gasteiger partial charge is 0.494 e. The number of imidazole rings is 1. The van der Waals surface area contributed by atoms with E-state index in [9.17, 15) is 0 Å². The molecule has 7 heteroatoms. The normalized spacial score (nSPS) is 16.2. The lowest BCUT2D eigenvalue weighted by molar-refractivity contribution is 0.226. The molecule has 1 aromatic carbocycles. The molecular weight excluding hydrogens is 394 g/mol. The van der Waals surface area contributed by atoms with Crippen molar-refractivity contribution in [3.63, 3.8) is 0 Å². The fourth-order valence-corrected chi connectivity index (χ4v) is 4.98. The Morgan fingerprint density at radius 1 is 1.23 bits per heavy atom. The minimum atomic E-state index is 0.487. The fourth-order valence-electron chi connectivity index (χ4n) is 4.41. The third-order valence-corrected chi connectivity index (χ3v) is 6.92. The number of benzene rings is 1. The van der Waals surface area contributed by atoms with E-state index in [1.807, 2.05) is 24.9 Å². The van der Waals surface area contributed by atoms with Gasteiger partial charge in [-0.05, 0) is 56.4 Å². The summed E-state index contributed by atoms with van der Waals surface area (Å²) in [4.78, 5) is 9.32. The SMILES string of the molecule is CSN1CCC(CCOc2ccc3c(c2)nc(N)c2nc(C)n(CC(C)C)c23)CC1. The first kappa shape index (κ1) is 21.2.